The van der Waals surface area contributed by atoms with E-state index in [-0.39, 0.29) is 0 Å². The third-order valence-corrected chi connectivity index (χ3v) is 2.67. The number of hydrogen-bond donors (Lipinski definition) is 3. The predicted octanol–water partition coefficient (Wildman–Crippen LogP) is 1.95. The van der Waals surface area contributed by atoms with Crippen molar-refractivity contribution < 1.29 is 19.8 Å². The van der Waals surface area contributed by atoms with Gasteiger partial charge in [-0.25, -0.2) is 4.79 Å². The van der Waals surface area contributed by atoms with Gasteiger partial charge in [0.05, 0.1) is 6.42 Å². The molecule has 1 atom stereocenters. The SMILES string of the molecule is Cc1cc(C)c(NC(CC(=O)O)C(=O)O)c(C)c1. The summed E-state index contributed by atoms with van der Waals surface area (Å²) in [4.78, 5) is 21.6. The molecule has 0 aliphatic rings. The molecule has 1 aromatic carbocycles. The Labute approximate surface area is 105 Å². The largest absolute Gasteiger partial charge is 0.481 e. The van der Waals surface area contributed by atoms with Gasteiger partial charge in [0.15, 0.2) is 0 Å². The standard InChI is InChI=1S/C13H17NO4/c1-7-4-8(2)12(9(3)5-7)14-10(13(17)18)6-11(15)16/h4-5,10,14H,6H2,1-3H3,(H,15,16)(H,17,18). The maximum atomic E-state index is 11.0. The molecule has 0 saturated carbocycles. The lowest BCUT2D eigenvalue weighted by Gasteiger charge is -2.18. The lowest BCUT2D eigenvalue weighted by molar-refractivity contribution is -0.144. The molecule has 5 nitrogen and oxygen atoms in total. The zero-order valence-corrected chi connectivity index (χ0v) is 10.7. The number of aliphatic carboxylic acids is 2. The summed E-state index contributed by atoms with van der Waals surface area (Å²) in [6, 6.07) is 2.73. The smallest absolute Gasteiger partial charge is 0.326 e. The van der Waals surface area contributed by atoms with Crippen LogP contribution in [0.5, 0.6) is 0 Å². The van der Waals surface area contributed by atoms with E-state index in [1.54, 1.807) is 0 Å². The van der Waals surface area contributed by atoms with Gasteiger partial charge in [0.2, 0.25) is 0 Å². The summed E-state index contributed by atoms with van der Waals surface area (Å²) in [5.41, 5.74) is 3.59. The Morgan fingerprint density at radius 3 is 2.06 bits per heavy atom. The van der Waals surface area contributed by atoms with E-state index in [2.05, 4.69) is 5.32 Å². The summed E-state index contributed by atoms with van der Waals surface area (Å²) in [5.74, 6) is -2.31. The van der Waals surface area contributed by atoms with Crippen LogP contribution in [-0.2, 0) is 9.59 Å². The molecule has 0 amide bonds. The number of carboxylic acids is 2. The van der Waals surface area contributed by atoms with Crippen molar-refractivity contribution in [2.45, 2.75) is 33.2 Å². The second-order valence-corrected chi connectivity index (χ2v) is 4.41. The highest BCUT2D eigenvalue weighted by Gasteiger charge is 2.22. The molecule has 0 bridgehead atoms. The van der Waals surface area contributed by atoms with Crippen molar-refractivity contribution in [1.82, 2.24) is 0 Å². The quantitative estimate of drug-likeness (QED) is 0.744. The van der Waals surface area contributed by atoms with Crippen LogP contribution in [0.1, 0.15) is 23.1 Å². The Balaban J connectivity index is 3.01. The number of benzene rings is 1. The molecule has 0 aliphatic carbocycles. The summed E-state index contributed by atoms with van der Waals surface area (Å²) < 4.78 is 0. The van der Waals surface area contributed by atoms with E-state index in [1.165, 1.54) is 0 Å². The minimum atomic E-state index is -1.17. The van der Waals surface area contributed by atoms with E-state index in [1.807, 2.05) is 32.9 Å². The Bertz CT molecular complexity index is 459. The van der Waals surface area contributed by atoms with Crippen LogP contribution in [0.3, 0.4) is 0 Å². The molecule has 1 rings (SSSR count). The van der Waals surface area contributed by atoms with E-state index in [4.69, 9.17) is 10.2 Å². The van der Waals surface area contributed by atoms with E-state index in [0.717, 1.165) is 16.7 Å². The molecule has 0 aliphatic heterocycles. The monoisotopic (exact) mass is 251 g/mol. The first-order valence-electron chi connectivity index (χ1n) is 5.60. The molecule has 0 fully saturated rings. The fourth-order valence-electron chi connectivity index (χ4n) is 1.96. The maximum absolute atomic E-state index is 11.0. The third-order valence-electron chi connectivity index (χ3n) is 2.67. The molecule has 0 saturated heterocycles. The van der Waals surface area contributed by atoms with Gasteiger partial charge in [-0.05, 0) is 31.9 Å². The first-order valence-corrected chi connectivity index (χ1v) is 5.60. The van der Waals surface area contributed by atoms with Gasteiger partial charge in [-0.15, -0.1) is 0 Å². The molecular weight excluding hydrogens is 234 g/mol. The molecule has 18 heavy (non-hydrogen) atoms. The lowest BCUT2D eigenvalue weighted by atomic mass is 10.0. The Hall–Kier alpha value is -2.04. The van der Waals surface area contributed by atoms with Gasteiger partial charge in [0, 0.05) is 5.69 Å². The van der Waals surface area contributed by atoms with Gasteiger partial charge in [0.1, 0.15) is 6.04 Å². The van der Waals surface area contributed by atoms with E-state index in [0.29, 0.717) is 5.69 Å². The van der Waals surface area contributed by atoms with Crippen LogP contribution in [0.4, 0.5) is 5.69 Å². The molecule has 98 valence electrons. The van der Waals surface area contributed by atoms with Crippen LogP contribution < -0.4 is 5.32 Å². The summed E-state index contributed by atoms with van der Waals surface area (Å²) in [6.45, 7) is 5.68. The summed E-state index contributed by atoms with van der Waals surface area (Å²) in [5, 5.41) is 20.5. The molecule has 3 N–H and O–H groups in total. The van der Waals surface area contributed by atoms with Crippen molar-refractivity contribution in [2.75, 3.05) is 5.32 Å². The Morgan fingerprint density at radius 2 is 1.67 bits per heavy atom. The van der Waals surface area contributed by atoms with Crippen molar-refractivity contribution in [3.63, 3.8) is 0 Å². The van der Waals surface area contributed by atoms with Gasteiger partial charge in [-0.1, -0.05) is 17.7 Å². The van der Waals surface area contributed by atoms with Crippen LogP contribution in [0.25, 0.3) is 0 Å². The minimum Gasteiger partial charge on any atom is -0.481 e. The average Bonchev–Trinajstić information content (AvgIpc) is 2.20. The first-order chi connectivity index (χ1) is 8.31. The van der Waals surface area contributed by atoms with Crippen molar-refractivity contribution in [2.24, 2.45) is 0 Å². The van der Waals surface area contributed by atoms with Crippen LogP contribution in [0.15, 0.2) is 12.1 Å². The molecule has 0 aromatic heterocycles. The van der Waals surface area contributed by atoms with Gasteiger partial charge in [-0.3, -0.25) is 4.79 Å². The van der Waals surface area contributed by atoms with E-state index < -0.39 is 24.4 Å². The fourth-order valence-corrected chi connectivity index (χ4v) is 1.96. The van der Waals surface area contributed by atoms with E-state index >= 15 is 0 Å². The van der Waals surface area contributed by atoms with Crippen LogP contribution in [0.2, 0.25) is 0 Å². The summed E-state index contributed by atoms with van der Waals surface area (Å²) >= 11 is 0. The number of aryl methyl sites for hydroxylation is 3. The molecule has 0 radical (unpaired) electrons. The highest BCUT2D eigenvalue weighted by Crippen LogP contribution is 2.23. The molecule has 1 aromatic rings. The number of hydrogen-bond acceptors (Lipinski definition) is 3. The van der Waals surface area contributed by atoms with Gasteiger partial charge in [0.25, 0.3) is 0 Å². The number of anilines is 1. The number of carbonyl (C=O) groups is 2. The van der Waals surface area contributed by atoms with Crippen LogP contribution in [-0.4, -0.2) is 28.2 Å². The average molecular weight is 251 g/mol. The highest BCUT2D eigenvalue weighted by molar-refractivity contribution is 5.84. The second-order valence-electron chi connectivity index (χ2n) is 4.41. The normalized spacial score (nSPS) is 11.9. The molecular formula is C13H17NO4. The van der Waals surface area contributed by atoms with Crippen molar-refractivity contribution >= 4 is 17.6 Å². The minimum absolute atomic E-state index is 0.456. The summed E-state index contributed by atoms with van der Waals surface area (Å²) in [7, 11) is 0. The highest BCUT2D eigenvalue weighted by atomic mass is 16.4. The van der Waals surface area contributed by atoms with Gasteiger partial charge >= 0.3 is 11.9 Å². The summed E-state index contributed by atoms with van der Waals surface area (Å²) in [6.07, 6.45) is -0.456. The molecule has 1 unspecified atom stereocenters. The van der Waals surface area contributed by atoms with Crippen LogP contribution >= 0.6 is 0 Å². The molecule has 0 spiro atoms. The maximum Gasteiger partial charge on any atom is 0.326 e. The first kappa shape index (κ1) is 14.0. The van der Waals surface area contributed by atoms with Crippen LogP contribution in [0, 0.1) is 20.8 Å². The number of rotatable bonds is 5. The number of nitrogens with one attached hydrogen (secondary N) is 1. The zero-order chi connectivity index (χ0) is 13.9. The third kappa shape index (κ3) is 3.48. The van der Waals surface area contributed by atoms with E-state index in [9.17, 15) is 9.59 Å². The molecule has 5 heteroatoms. The van der Waals surface area contributed by atoms with Crippen molar-refractivity contribution in [1.29, 1.82) is 0 Å². The fraction of sp³-hybridized carbons (Fsp3) is 0.385. The predicted molar refractivity (Wildman–Crippen MR) is 68.0 cm³/mol. The Morgan fingerprint density at radius 1 is 1.17 bits per heavy atom. The van der Waals surface area contributed by atoms with Crippen molar-refractivity contribution in [3.05, 3.63) is 28.8 Å². The zero-order valence-electron chi connectivity index (χ0n) is 10.7. The lowest BCUT2D eigenvalue weighted by Crippen LogP contribution is -2.32. The van der Waals surface area contributed by atoms with Gasteiger partial charge in [-0.2, -0.15) is 0 Å². The second kappa shape index (κ2) is 5.53. The van der Waals surface area contributed by atoms with Crippen molar-refractivity contribution in [3.8, 4) is 0 Å². The topological polar surface area (TPSA) is 86.6 Å². The Kier molecular flexibility index (Phi) is 4.31. The number of carboxylic acid groups (broad SMARTS) is 2. The molecule has 0 heterocycles. The van der Waals surface area contributed by atoms with Gasteiger partial charge < -0.3 is 15.5 Å².